The number of rotatable bonds is 5. The molecule has 0 aromatic carbocycles. The lowest BCUT2D eigenvalue weighted by molar-refractivity contribution is -0.389. The van der Waals surface area contributed by atoms with E-state index in [2.05, 4.69) is 10.3 Å². The van der Waals surface area contributed by atoms with Crippen LogP contribution in [0.25, 0.3) is 0 Å². The summed E-state index contributed by atoms with van der Waals surface area (Å²) >= 11 is 0. The molecule has 92 valence electrons. The van der Waals surface area contributed by atoms with Gasteiger partial charge in [0.05, 0.1) is 5.69 Å². The molecule has 1 aliphatic rings. The molecule has 1 N–H and O–H groups in total. The van der Waals surface area contributed by atoms with E-state index in [-0.39, 0.29) is 5.82 Å². The van der Waals surface area contributed by atoms with Gasteiger partial charge in [-0.3, -0.25) is 0 Å². The minimum absolute atomic E-state index is 0.105. The number of aromatic nitrogens is 1. The van der Waals surface area contributed by atoms with Gasteiger partial charge in [-0.15, -0.1) is 0 Å². The first-order valence-electron chi connectivity index (χ1n) is 6.10. The van der Waals surface area contributed by atoms with Gasteiger partial charge in [-0.05, 0) is 28.3 Å². The van der Waals surface area contributed by atoms with Gasteiger partial charge in [0.2, 0.25) is 0 Å². The second kappa shape index (κ2) is 5.61. The van der Waals surface area contributed by atoms with Gasteiger partial charge < -0.3 is 15.4 Å². The Morgan fingerprint density at radius 3 is 2.76 bits per heavy atom. The van der Waals surface area contributed by atoms with Gasteiger partial charge in [-0.2, -0.15) is 0 Å². The predicted octanol–water partition coefficient (Wildman–Crippen LogP) is 2.98. The van der Waals surface area contributed by atoms with Crippen LogP contribution in [-0.2, 0) is 0 Å². The molecule has 17 heavy (non-hydrogen) atoms. The smallest absolute Gasteiger partial charge is 0.363 e. The molecule has 0 atom stereocenters. The van der Waals surface area contributed by atoms with E-state index in [1.165, 1.54) is 44.4 Å². The van der Waals surface area contributed by atoms with Crippen LogP contribution < -0.4 is 5.32 Å². The lowest BCUT2D eigenvalue weighted by Gasteiger charge is -2.09. The van der Waals surface area contributed by atoms with Crippen LogP contribution >= 0.6 is 0 Å². The molecule has 1 aromatic heterocycles. The molecule has 0 radical (unpaired) electrons. The molecule has 0 spiro atoms. The van der Waals surface area contributed by atoms with Crippen LogP contribution in [0.5, 0.6) is 0 Å². The molecule has 1 aliphatic carbocycles. The van der Waals surface area contributed by atoms with Crippen molar-refractivity contribution in [3.63, 3.8) is 0 Å². The highest BCUT2D eigenvalue weighted by Gasteiger charge is 2.14. The number of nitro groups is 1. The Hall–Kier alpha value is -1.65. The Morgan fingerprint density at radius 1 is 1.41 bits per heavy atom. The third-order valence-electron chi connectivity index (χ3n) is 3.29. The van der Waals surface area contributed by atoms with Crippen LogP contribution in [0.2, 0.25) is 0 Å². The highest BCUT2D eigenvalue weighted by atomic mass is 16.6. The molecule has 2 rings (SSSR count). The van der Waals surface area contributed by atoms with E-state index < -0.39 is 4.92 Å². The normalized spacial score (nSPS) is 16.0. The second-order valence-electron chi connectivity index (χ2n) is 4.53. The average molecular weight is 235 g/mol. The van der Waals surface area contributed by atoms with Crippen molar-refractivity contribution in [3.8, 4) is 0 Å². The van der Waals surface area contributed by atoms with E-state index in [9.17, 15) is 10.1 Å². The first-order valence-corrected chi connectivity index (χ1v) is 6.10. The number of nitrogens with one attached hydrogen (secondary N) is 1. The number of hydrogen-bond acceptors (Lipinski definition) is 4. The molecule has 1 fully saturated rings. The van der Waals surface area contributed by atoms with E-state index >= 15 is 0 Å². The highest BCUT2D eigenvalue weighted by molar-refractivity contribution is 5.43. The van der Waals surface area contributed by atoms with Crippen LogP contribution in [0.4, 0.5) is 11.5 Å². The van der Waals surface area contributed by atoms with E-state index in [1.807, 2.05) is 0 Å². The summed E-state index contributed by atoms with van der Waals surface area (Å²) in [5, 5.41) is 13.7. The molecule has 0 unspecified atom stereocenters. The lowest BCUT2D eigenvalue weighted by Crippen LogP contribution is -2.06. The summed E-state index contributed by atoms with van der Waals surface area (Å²) in [6.45, 7) is 0.921. The fraction of sp³-hybridized carbons (Fsp3) is 0.583. The van der Waals surface area contributed by atoms with Gasteiger partial charge in [0.25, 0.3) is 0 Å². The molecule has 0 amide bonds. The Labute approximate surface area is 100 Å². The van der Waals surface area contributed by atoms with Crippen LogP contribution in [-0.4, -0.2) is 16.5 Å². The molecule has 0 aliphatic heterocycles. The minimum Gasteiger partial charge on any atom is -0.382 e. The Balaban J connectivity index is 1.76. The highest BCUT2D eigenvalue weighted by Crippen LogP contribution is 2.27. The fourth-order valence-electron chi connectivity index (χ4n) is 2.32. The molecular formula is C12H17N3O2. The zero-order chi connectivity index (χ0) is 12.1. The van der Waals surface area contributed by atoms with Crippen molar-refractivity contribution >= 4 is 11.5 Å². The second-order valence-corrected chi connectivity index (χ2v) is 4.53. The fourth-order valence-corrected chi connectivity index (χ4v) is 2.32. The standard InChI is InChI=1S/C12H17N3O2/c16-15(17)12-6-5-11(9-14-12)13-8-7-10-3-1-2-4-10/h5-6,9-10,13H,1-4,7-8H2. The zero-order valence-corrected chi connectivity index (χ0v) is 9.76. The number of hydrogen-bond donors (Lipinski definition) is 1. The van der Waals surface area contributed by atoms with Gasteiger partial charge in [-0.1, -0.05) is 25.7 Å². The predicted molar refractivity (Wildman–Crippen MR) is 66.0 cm³/mol. The molecule has 5 nitrogen and oxygen atoms in total. The van der Waals surface area contributed by atoms with Crippen molar-refractivity contribution in [2.75, 3.05) is 11.9 Å². The van der Waals surface area contributed by atoms with Crippen LogP contribution in [0.15, 0.2) is 18.3 Å². The topological polar surface area (TPSA) is 68.1 Å². The molecular weight excluding hydrogens is 218 g/mol. The lowest BCUT2D eigenvalue weighted by atomic mass is 10.0. The summed E-state index contributed by atoms with van der Waals surface area (Å²) in [5.74, 6) is 0.750. The summed E-state index contributed by atoms with van der Waals surface area (Å²) in [7, 11) is 0. The van der Waals surface area contributed by atoms with Crippen molar-refractivity contribution in [2.24, 2.45) is 5.92 Å². The first kappa shape index (κ1) is 11.8. The Morgan fingerprint density at radius 2 is 2.18 bits per heavy atom. The van der Waals surface area contributed by atoms with Gasteiger partial charge in [-0.25, -0.2) is 0 Å². The van der Waals surface area contributed by atoms with Crippen LogP contribution in [0.1, 0.15) is 32.1 Å². The Kier molecular flexibility index (Phi) is 3.90. The summed E-state index contributed by atoms with van der Waals surface area (Å²) in [6.07, 6.45) is 8.12. The molecule has 0 bridgehead atoms. The number of anilines is 1. The van der Waals surface area contributed by atoms with Crippen molar-refractivity contribution < 1.29 is 4.92 Å². The summed E-state index contributed by atoms with van der Waals surface area (Å²) < 4.78 is 0. The van der Waals surface area contributed by atoms with Gasteiger partial charge in [0.1, 0.15) is 0 Å². The maximum atomic E-state index is 10.4. The summed E-state index contributed by atoms with van der Waals surface area (Å²) in [6, 6.07) is 3.14. The van der Waals surface area contributed by atoms with E-state index in [1.54, 1.807) is 6.07 Å². The Bertz CT molecular complexity index is 372. The number of nitrogens with zero attached hydrogens (tertiary/aromatic N) is 2. The van der Waals surface area contributed by atoms with Crippen LogP contribution in [0.3, 0.4) is 0 Å². The van der Waals surface area contributed by atoms with Gasteiger partial charge in [0.15, 0.2) is 6.20 Å². The van der Waals surface area contributed by atoms with E-state index in [4.69, 9.17) is 0 Å². The number of pyridine rings is 1. The largest absolute Gasteiger partial charge is 0.382 e. The maximum Gasteiger partial charge on any atom is 0.363 e. The quantitative estimate of drug-likeness (QED) is 0.629. The van der Waals surface area contributed by atoms with E-state index in [0.29, 0.717) is 0 Å². The first-order chi connectivity index (χ1) is 8.25. The maximum absolute atomic E-state index is 10.4. The van der Waals surface area contributed by atoms with Gasteiger partial charge in [0, 0.05) is 12.6 Å². The van der Waals surface area contributed by atoms with Crippen molar-refractivity contribution in [1.82, 2.24) is 4.98 Å². The molecule has 0 saturated heterocycles. The van der Waals surface area contributed by atoms with Crippen LogP contribution in [0, 0.1) is 16.0 Å². The molecule has 1 aromatic rings. The monoisotopic (exact) mass is 235 g/mol. The third-order valence-corrected chi connectivity index (χ3v) is 3.29. The molecule has 1 heterocycles. The SMILES string of the molecule is O=[N+]([O-])c1ccc(NCCC2CCCC2)cn1. The van der Waals surface area contributed by atoms with E-state index in [0.717, 1.165) is 18.2 Å². The van der Waals surface area contributed by atoms with Crippen molar-refractivity contribution in [2.45, 2.75) is 32.1 Å². The zero-order valence-electron chi connectivity index (χ0n) is 9.76. The van der Waals surface area contributed by atoms with Crippen molar-refractivity contribution in [3.05, 3.63) is 28.4 Å². The average Bonchev–Trinajstić information content (AvgIpc) is 2.83. The summed E-state index contributed by atoms with van der Waals surface area (Å²) in [5.41, 5.74) is 0.855. The van der Waals surface area contributed by atoms with Gasteiger partial charge >= 0.3 is 5.82 Å². The third kappa shape index (κ3) is 3.41. The molecule has 1 saturated carbocycles. The summed E-state index contributed by atoms with van der Waals surface area (Å²) in [4.78, 5) is 13.7. The minimum atomic E-state index is -0.484. The molecule has 5 heteroatoms. The van der Waals surface area contributed by atoms with Crippen molar-refractivity contribution in [1.29, 1.82) is 0 Å².